The van der Waals surface area contributed by atoms with E-state index < -0.39 is 6.10 Å². The van der Waals surface area contributed by atoms with E-state index in [1.54, 1.807) is 0 Å². The van der Waals surface area contributed by atoms with E-state index in [1.165, 1.54) is 17.4 Å². The summed E-state index contributed by atoms with van der Waals surface area (Å²) in [6.45, 7) is 0.260. The minimum absolute atomic E-state index is 0.133. The van der Waals surface area contributed by atoms with Crippen LogP contribution >= 0.6 is 0 Å². The number of carbonyl (C=O) groups is 1. The maximum atomic E-state index is 11.4. The SMILES string of the molecule is Nc1ncncc1N1CC(O)CC1=O. The third-order valence-electron chi connectivity index (χ3n) is 2.12. The first kappa shape index (κ1) is 8.89. The second kappa shape index (κ2) is 3.22. The van der Waals surface area contributed by atoms with Gasteiger partial charge in [0.05, 0.1) is 25.3 Å². The second-order valence-corrected chi connectivity index (χ2v) is 3.16. The van der Waals surface area contributed by atoms with E-state index in [2.05, 4.69) is 9.97 Å². The summed E-state index contributed by atoms with van der Waals surface area (Å²) >= 11 is 0. The van der Waals surface area contributed by atoms with Crippen LogP contribution in [0.25, 0.3) is 0 Å². The van der Waals surface area contributed by atoms with Gasteiger partial charge in [-0.3, -0.25) is 4.79 Å². The fourth-order valence-corrected chi connectivity index (χ4v) is 1.46. The number of amides is 1. The quantitative estimate of drug-likeness (QED) is 0.608. The molecule has 6 heteroatoms. The van der Waals surface area contributed by atoms with Gasteiger partial charge in [0.25, 0.3) is 0 Å². The Hall–Kier alpha value is -1.69. The molecule has 1 aromatic heterocycles. The van der Waals surface area contributed by atoms with Gasteiger partial charge in [-0.05, 0) is 0 Å². The van der Waals surface area contributed by atoms with Crippen LogP contribution in [0.2, 0.25) is 0 Å². The molecule has 6 nitrogen and oxygen atoms in total. The Bertz CT molecular complexity index is 368. The standard InChI is InChI=1S/C8H10N4O2/c9-8-6(2-10-4-11-8)12-3-5(13)1-7(12)14/h2,4-5,13H,1,3H2,(H2,9,10,11). The number of rotatable bonds is 1. The minimum Gasteiger partial charge on any atom is -0.391 e. The molecule has 3 N–H and O–H groups in total. The van der Waals surface area contributed by atoms with Gasteiger partial charge in [-0.15, -0.1) is 0 Å². The number of aliphatic hydroxyl groups is 1. The van der Waals surface area contributed by atoms with Gasteiger partial charge in [-0.25, -0.2) is 9.97 Å². The highest BCUT2D eigenvalue weighted by Gasteiger charge is 2.30. The number of anilines is 2. The first-order valence-electron chi connectivity index (χ1n) is 4.22. The van der Waals surface area contributed by atoms with Crippen molar-refractivity contribution in [2.24, 2.45) is 0 Å². The molecule has 74 valence electrons. The van der Waals surface area contributed by atoms with E-state index in [9.17, 15) is 9.90 Å². The van der Waals surface area contributed by atoms with Crippen molar-refractivity contribution in [2.45, 2.75) is 12.5 Å². The van der Waals surface area contributed by atoms with Crippen LogP contribution in [0.4, 0.5) is 11.5 Å². The Balaban J connectivity index is 2.32. The number of nitrogens with two attached hydrogens (primary N) is 1. The number of aromatic nitrogens is 2. The first-order chi connectivity index (χ1) is 6.68. The average molecular weight is 194 g/mol. The van der Waals surface area contributed by atoms with Gasteiger partial charge in [-0.2, -0.15) is 0 Å². The molecule has 14 heavy (non-hydrogen) atoms. The molecule has 0 saturated carbocycles. The molecule has 1 unspecified atom stereocenters. The highest BCUT2D eigenvalue weighted by Crippen LogP contribution is 2.24. The van der Waals surface area contributed by atoms with Crippen molar-refractivity contribution in [3.8, 4) is 0 Å². The summed E-state index contributed by atoms with van der Waals surface area (Å²) in [7, 11) is 0. The van der Waals surface area contributed by atoms with Gasteiger partial charge in [0, 0.05) is 0 Å². The topological polar surface area (TPSA) is 92.3 Å². The molecule has 2 rings (SSSR count). The van der Waals surface area contributed by atoms with Gasteiger partial charge in [0.15, 0.2) is 5.82 Å². The molecule has 1 fully saturated rings. The Morgan fingerprint density at radius 2 is 2.43 bits per heavy atom. The molecule has 1 amide bonds. The number of nitrogen functional groups attached to an aromatic ring is 1. The molecule has 0 aromatic carbocycles. The molecule has 0 bridgehead atoms. The minimum atomic E-state index is -0.623. The lowest BCUT2D eigenvalue weighted by molar-refractivity contribution is -0.117. The summed E-state index contributed by atoms with van der Waals surface area (Å²) in [4.78, 5) is 20.4. The lowest BCUT2D eigenvalue weighted by atomic mass is 10.3. The maximum Gasteiger partial charge on any atom is 0.229 e. The van der Waals surface area contributed by atoms with Crippen LogP contribution < -0.4 is 10.6 Å². The van der Waals surface area contributed by atoms with Crippen molar-refractivity contribution in [3.05, 3.63) is 12.5 Å². The summed E-state index contributed by atoms with van der Waals surface area (Å²) in [6, 6.07) is 0. The first-order valence-corrected chi connectivity index (χ1v) is 4.22. The second-order valence-electron chi connectivity index (χ2n) is 3.16. The lowest BCUT2D eigenvalue weighted by Crippen LogP contribution is -2.26. The zero-order chi connectivity index (χ0) is 10.1. The highest BCUT2D eigenvalue weighted by atomic mass is 16.3. The van der Waals surface area contributed by atoms with E-state index in [0.29, 0.717) is 5.69 Å². The van der Waals surface area contributed by atoms with Crippen LogP contribution in [-0.4, -0.2) is 33.6 Å². The van der Waals surface area contributed by atoms with Crippen LogP contribution in [-0.2, 0) is 4.79 Å². The van der Waals surface area contributed by atoms with E-state index in [-0.39, 0.29) is 24.7 Å². The van der Waals surface area contributed by atoms with Crippen molar-refractivity contribution in [3.63, 3.8) is 0 Å². The lowest BCUT2D eigenvalue weighted by Gasteiger charge is -2.15. The molecular formula is C8H10N4O2. The van der Waals surface area contributed by atoms with Crippen LogP contribution in [0.5, 0.6) is 0 Å². The zero-order valence-corrected chi connectivity index (χ0v) is 7.42. The molecule has 0 radical (unpaired) electrons. The van der Waals surface area contributed by atoms with Crippen LogP contribution in [0.15, 0.2) is 12.5 Å². The summed E-state index contributed by atoms with van der Waals surface area (Å²) in [6.07, 6.45) is 2.30. The summed E-state index contributed by atoms with van der Waals surface area (Å²) in [5.74, 6) is 0.0986. The highest BCUT2D eigenvalue weighted by molar-refractivity contribution is 5.97. The van der Waals surface area contributed by atoms with Gasteiger partial charge in [0.2, 0.25) is 5.91 Å². The van der Waals surface area contributed by atoms with Crippen LogP contribution in [0, 0.1) is 0 Å². The van der Waals surface area contributed by atoms with Crippen molar-refractivity contribution >= 4 is 17.4 Å². The normalized spacial score (nSPS) is 21.6. The van der Waals surface area contributed by atoms with Crippen molar-refractivity contribution in [1.82, 2.24) is 9.97 Å². The fourth-order valence-electron chi connectivity index (χ4n) is 1.46. The van der Waals surface area contributed by atoms with E-state index in [1.807, 2.05) is 0 Å². The zero-order valence-electron chi connectivity index (χ0n) is 7.42. The predicted octanol–water partition coefficient (Wildman–Crippen LogP) is -0.844. The summed E-state index contributed by atoms with van der Waals surface area (Å²) in [5.41, 5.74) is 6.05. The van der Waals surface area contributed by atoms with Gasteiger partial charge in [0.1, 0.15) is 12.0 Å². The largest absolute Gasteiger partial charge is 0.391 e. The molecule has 1 aliphatic rings. The number of carbonyl (C=O) groups excluding carboxylic acids is 1. The van der Waals surface area contributed by atoms with Crippen molar-refractivity contribution in [1.29, 1.82) is 0 Å². The Labute approximate surface area is 80.4 Å². The third kappa shape index (κ3) is 1.39. The third-order valence-corrected chi connectivity index (χ3v) is 2.12. The molecule has 1 aromatic rings. The van der Waals surface area contributed by atoms with Crippen LogP contribution in [0.1, 0.15) is 6.42 Å². The Morgan fingerprint density at radius 1 is 1.64 bits per heavy atom. The number of β-amino-alcohol motifs (C(OH)–C–C–N with tert-alkyl or cyclic N) is 1. The molecule has 1 aliphatic heterocycles. The smallest absolute Gasteiger partial charge is 0.229 e. The average Bonchev–Trinajstić information content (AvgIpc) is 2.46. The molecule has 2 heterocycles. The fraction of sp³-hybridized carbons (Fsp3) is 0.375. The van der Waals surface area contributed by atoms with Crippen LogP contribution in [0.3, 0.4) is 0 Å². The molecule has 0 aliphatic carbocycles. The van der Waals surface area contributed by atoms with Gasteiger partial charge < -0.3 is 15.7 Å². The Kier molecular flexibility index (Phi) is 2.05. The van der Waals surface area contributed by atoms with Crippen molar-refractivity contribution < 1.29 is 9.90 Å². The number of aliphatic hydroxyl groups excluding tert-OH is 1. The van der Waals surface area contributed by atoms with Crippen molar-refractivity contribution in [2.75, 3.05) is 17.2 Å². The molecule has 1 atom stereocenters. The van der Waals surface area contributed by atoms with E-state index in [0.717, 1.165) is 0 Å². The Morgan fingerprint density at radius 3 is 3.00 bits per heavy atom. The van der Waals surface area contributed by atoms with Gasteiger partial charge >= 0.3 is 0 Å². The molecule has 0 spiro atoms. The molecular weight excluding hydrogens is 184 g/mol. The number of hydrogen-bond donors (Lipinski definition) is 2. The molecule has 1 saturated heterocycles. The van der Waals surface area contributed by atoms with Gasteiger partial charge in [-0.1, -0.05) is 0 Å². The maximum absolute atomic E-state index is 11.4. The van der Waals surface area contributed by atoms with E-state index >= 15 is 0 Å². The van der Waals surface area contributed by atoms with E-state index in [4.69, 9.17) is 5.73 Å². The summed E-state index contributed by atoms with van der Waals surface area (Å²) in [5, 5.41) is 9.28. The summed E-state index contributed by atoms with van der Waals surface area (Å²) < 4.78 is 0. The number of hydrogen-bond acceptors (Lipinski definition) is 5. The number of nitrogens with zero attached hydrogens (tertiary/aromatic N) is 3. The predicted molar refractivity (Wildman–Crippen MR) is 49.4 cm³/mol. The monoisotopic (exact) mass is 194 g/mol.